The van der Waals surface area contributed by atoms with Gasteiger partial charge in [0.2, 0.25) is 0 Å². The molecule has 3 rings (SSSR count). The predicted molar refractivity (Wildman–Crippen MR) is 73.4 cm³/mol. The van der Waals surface area contributed by atoms with E-state index in [0.29, 0.717) is 6.04 Å². The number of piperazine rings is 1. The lowest BCUT2D eigenvalue weighted by Gasteiger charge is -2.42. The van der Waals surface area contributed by atoms with E-state index in [1.807, 2.05) is 11.3 Å². The first-order valence-electron chi connectivity index (χ1n) is 6.76. The number of thiophene rings is 1. The SMILES string of the molecule is CC(C)N1CC2CCC(C1)N2Cc1cccs1. The van der Waals surface area contributed by atoms with Crippen LogP contribution in [0.25, 0.3) is 0 Å². The molecule has 2 aliphatic heterocycles. The second-order valence-electron chi connectivity index (χ2n) is 5.68. The van der Waals surface area contributed by atoms with Gasteiger partial charge in [-0.05, 0) is 38.1 Å². The number of fused-ring (bicyclic) bond motifs is 2. The molecule has 0 amide bonds. The van der Waals surface area contributed by atoms with E-state index in [0.717, 1.165) is 12.1 Å². The average Bonchev–Trinajstić information content (AvgIpc) is 2.86. The number of nitrogens with zero attached hydrogens (tertiary/aromatic N) is 2. The molecular formula is C14H22N2S. The van der Waals surface area contributed by atoms with Gasteiger partial charge >= 0.3 is 0 Å². The first kappa shape index (κ1) is 11.7. The van der Waals surface area contributed by atoms with Crippen LogP contribution in [0.1, 0.15) is 31.6 Å². The largest absolute Gasteiger partial charge is 0.298 e. The monoisotopic (exact) mass is 250 g/mol. The Morgan fingerprint density at radius 3 is 2.53 bits per heavy atom. The summed E-state index contributed by atoms with van der Waals surface area (Å²) in [6.45, 7) is 8.39. The number of likely N-dealkylation sites (tertiary alicyclic amines) is 1. The molecular weight excluding hydrogens is 228 g/mol. The molecule has 17 heavy (non-hydrogen) atoms. The molecule has 3 heterocycles. The number of hydrogen-bond donors (Lipinski definition) is 0. The third-order valence-electron chi connectivity index (χ3n) is 4.31. The molecule has 0 aromatic carbocycles. The van der Waals surface area contributed by atoms with Crippen molar-refractivity contribution in [2.75, 3.05) is 13.1 Å². The van der Waals surface area contributed by atoms with Crippen molar-refractivity contribution >= 4 is 11.3 Å². The summed E-state index contributed by atoms with van der Waals surface area (Å²) in [6.07, 6.45) is 2.80. The van der Waals surface area contributed by atoms with Crippen molar-refractivity contribution in [1.29, 1.82) is 0 Å². The van der Waals surface area contributed by atoms with Gasteiger partial charge in [0.05, 0.1) is 0 Å². The highest BCUT2D eigenvalue weighted by Gasteiger charge is 2.40. The van der Waals surface area contributed by atoms with Gasteiger partial charge in [-0.3, -0.25) is 9.80 Å². The van der Waals surface area contributed by atoms with Crippen molar-refractivity contribution in [2.24, 2.45) is 0 Å². The highest BCUT2D eigenvalue weighted by Crippen LogP contribution is 2.32. The van der Waals surface area contributed by atoms with Gasteiger partial charge in [0.25, 0.3) is 0 Å². The quantitative estimate of drug-likeness (QED) is 0.814. The van der Waals surface area contributed by atoms with Crippen LogP contribution in [0.2, 0.25) is 0 Å². The predicted octanol–water partition coefficient (Wildman–Crippen LogP) is 2.81. The maximum Gasteiger partial charge on any atom is 0.0334 e. The summed E-state index contributed by atoms with van der Waals surface area (Å²) in [7, 11) is 0. The molecule has 0 spiro atoms. The van der Waals surface area contributed by atoms with Gasteiger partial charge in [-0.25, -0.2) is 0 Å². The van der Waals surface area contributed by atoms with E-state index in [1.54, 1.807) is 0 Å². The molecule has 3 heteroatoms. The lowest BCUT2D eigenvalue weighted by atomic mass is 10.1. The molecule has 2 nitrogen and oxygen atoms in total. The maximum absolute atomic E-state index is 2.75. The van der Waals surface area contributed by atoms with E-state index in [-0.39, 0.29) is 0 Å². The van der Waals surface area contributed by atoms with Gasteiger partial charge in [-0.15, -0.1) is 11.3 Å². The molecule has 2 saturated heterocycles. The zero-order chi connectivity index (χ0) is 11.8. The summed E-state index contributed by atoms with van der Waals surface area (Å²) >= 11 is 1.90. The molecule has 1 aromatic rings. The second kappa shape index (κ2) is 4.71. The van der Waals surface area contributed by atoms with Crippen molar-refractivity contribution in [3.63, 3.8) is 0 Å². The van der Waals surface area contributed by atoms with Crippen molar-refractivity contribution in [1.82, 2.24) is 9.80 Å². The summed E-state index contributed by atoms with van der Waals surface area (Å²) in [6, 6.07) is 6.77. The third-order valence-corrected chi connectivity index (χ3v) is 5.17. The molecule has 1 aromatic heterocycles. The molecule has 2 atom stereocenters. The maximum atomic E-state index is 2.75. The zero-order valence-electron chi connectivity index (χ0n) is 10.8. The summed E-state index contributed by atoms with van der Waals surface area (Å²) in [4.78, 5) is 6.94. The Labute approximate surface area is 108 Å². The van der Waals surface area contributed by atoms with E-state index in [4.69, 9.17) is 0 Å². The second-order valence-corrected chi connectivity index (χ2v) is 6.72. The third kappa shape index (κ3) is 2.28. The van der Waals surface area contributed by atoms with Crippen LogP contribution in [-0.2, 0) is 6.54 Å². The van der Waals surface area contributed by atoms with Gasteiger partial charge in [0, 0.05) is 42.6 Å². The minimum Gasteiger partial charge on any atom is -0.298 e. The topological polar surface area (TPSA) is 6.48 Å². The van der Waals surface area contributed by atoms with Crippen LogP contribution in [0.15, 0.2) is 17.5 Å². The summed E-state index contributed by atoms with van der Waals surface area (Å²) < 4.78 is 0. The molecule has 0 N–H and O–H groups in total. The van der Waals surface area contributed by atoms with E-state index >= 15 is 0 Å². The van der Waals surface area contributed by atoms with Gasteiger partial charge < -0.3 is 0 Å². The van der Waals surface area contributed by atoms with Crippen LogP contribution >= 0.6 is 11.3 Å². The normalized spacial score (nSPS) is 30.3. The molecule has 2 aliphatic rings. The van der Waals surface area contributed by atoms with E-state index < -0.39 is 0 Å². The highest BCUT2D eigenvalue weighted by atomic mass is 32.1. The number of hydrogen-bond acceptors (Lipinski definition) is 3. The molecule has 2 unspecified atom stereocenters. The lowest BCUT2D eigenvalue weighted by molar-refractivity contribution is 0.0448. The fourth-order valence-electron chi connectivity index (χ4n) is 3.29. The van der Waals surface area contributed by atoms with Crippen molar-refractivity contribution in [2.45, 2.75) is 51.4 Å². The van der Waals surface area contributed by atoms with Gasteiger partial charge in [0.15, 0.2) is 0 Å². The van der Waals surface area contributed by atoms with Crippen LogP contribution in [0, 0.1) is 0 Å². The van der Waals surface area contributed by atoms with Crippen LogP contribution in [0.4, 0.5) is 0 Å². The van der Waals surface area contributed by atoms with Gasteiger partial charge in [-0.1, -0.05) is 6.07 Å². The Balaban J connectivity index is 1.68. The van der Waals surface area contributed by atoms with Crippen molar-refractivity contribution in [3.05, 3.63) is 22.4 Å². The van der Waals surface area contributed by atoms with Crippen LogP contribution in [0.5, 0.6) is 0 Å². The highest BCUT2D eigenvalue weighted by molar-refractivity contribution is 7.09. The van der Waals surface area contributed by atoms with Gasteiger partial charge in [0.1, 0.15) is 0 Å². The number of rotatable bonds is 3. The Kier molecular flexibility index (Phi) is 3.24. The first-order valence-corrected chi connectivity index (χ1v) is 7.64. The Hall–Kier alpha value is -0.380. The van der Waals surface area contributed by atoms with Crippen LogP contribution < -0.4 is 0 Å². The van der Waals surface area contributed by atoms with Crippen LogP contribution in [0.3, 0.4) is 0 Å². The fourth-order valence-corrected chi connectivity index (χ4v) is 4.00. The molecule has 0 aliphatic carbocycles. The average molecular weight is 250 g/mol. The van der Waals surface area contributed by atoms with Gasteiger partial charge in [-0.2, -0.15) is 0 Å². The van der Waals surface area contributed by atoms with E-state index in [2.05, 4.69) is 41.2 Å². The molecule has 0 saturated carbocycles. The molecule has 2 bridgehead atoms. The minimum atomic E-state index is 0.710. The summed E-state index contributed by atoms with van der Waals surface area (Å²) in [5.74, 6) is 0. The first-order chi connectivity index (χ1) is 8.24. The summed E-state index contributed by atoms with van der Waals surface area (Å²) in [5.41, 5.74) is 0. The summed E-state index contributed by atoms with van der Waals surface area (Å²) in [5, 5.41) is 2.20. The van der Waals surface area contributed by atoms with Crippen LogP contribution in [-0.4, -0.2) is 41.0 Å². The Morgan fingerprint density at radius 2 is 2.00 bits per heavy atom. The molecule has 2 fully saturated rings. The van der Waals surface area contributed by atoms with Crippen molar-refractivity contribution < 1.29 is 0 Å². The molecule has 0 radical (unpaired) electrons. The Bertz CT molecular complexity index is 346. The van der Waals surface area contributed by atoms with E-state index in [9.17, 15) is 0 Å². The Morgan fingerprint density at radius 1 is 1.29 bits per heavy atom. The zero-order valence-corrected chi connectivity index (χ0v) is 11.6. The minimum absolute atomic E-state index is 0.710. The van der Waals surface area contributed by atoms with Crippen molar-refractivity contribution in [3.8, 4) is 0 Å². The van der Waals surface area contributed by atoms with E-state index in [1.165, 1.54) is 37.4 Å². The smallest absolute Gasteiger partial charge is 0.0334 e. The fraction of sp³-hybridized carbons (Fsp3) is 0.714. The molecule has 94 valence electrons. The standard InChI is InChI=1S/C14H22N2S/c1-11(2)15-8-12-5-6-13(9-15)16(12)10-14-4-3-7-17-14/h3-4,7,11-13H,5-6,8-10H2,1-2H3. The lowest BCUT2D eigenvalue weighted by Crippen LogP contribution is -2.54.